The summed E-state index contributed by atoms with van der Waals surface area (Å²) in [4.78, 5) is 11.8. The van der Waals surface area contributed by atoms with E-state index in [1.165, 1.54) is 32.1 Å². The van der Waals surface area contributed by atoms with E-state index in [1.807, 2.05) is 13.0 Å². The number of allylic oxidation sites excluding steroid dienone is 2. The second-order valence-electron chi connectivity index (χ2n) is 13.2. The predicted molar refractivity (Wildman–Crippen MR) is 128 cm³/mol. The first-order valence-corrected chi connectivity index (χ1v) is 13.3. The van der Waals surface area contributed by atoms with Gasteiger partial charge in [-0.3, -0.25) is 0 Å². The van der Waals surface area contributed by atoms with Gasteiger partial charge in [-0.1, -0.05) is 46.3 Å². The lowest BCUT2D eigenvalue weighted by Crippen LogP contribution is -2.56. The molecule has 3 heteroatoms. The summed E-state index contributed by atoms with van der Waals surface area (Å²) in [6.07, 6.45) is 14.0. The summed E-state index contributed by atoms with van der Waals surface area (Å²) in [7, 11) is 0. The Morgan fingerprint density at radius 1 is 1.06 bits per heavy atom. The van der Waals surface area contributed by atoms with E-state index in [0.717, 1.165) is 24.8 Å². The number of cyclic esters (lactones) is 1. The van der Waals surface area contributed by atoms with Gasteiger partial charge in [0.2, 0.25) is 0 Å². The zero-order chi connectivity index (χ0) is 23.1. The largest absolute Gasteiger partial charge is 0.455 e. The molecule has 0 radical (unpaired) electrons. The molecule has 0 spiro atoms. The molecular weight excluding hydrogens is 396 g/mol. The molecule has 0 aromatic carbocycles. The van der Waals surface area contributed by atoms with Crippen LogP contribution in [0.3, 0.4) is 0 Å². The third-order valence-corrected chi connectivity index (χ3v) is 11.4. The quantitative estimate of drug-likeness (QED) is 0.405. The summed E-state index contributed by atoms with van der Waals surface area (Å²) >= 11 is 0. The van der Waals surface area contributed by atoms with Gasteiger partial charge in [0.1, 0.15) is 6.10 Å². The molecule has 0 bridgehead atoms. The van der Waals surface area contributed by atoms with Crippen molar-refractivity contribution < 1.29 is 14.6 Å². The third-order valence-electron chi connectivity index (χ3n) is 11.4. The molecule has 1 heterocycles. The number of aliphatic hydroxyl groups excluding tert-OH is 1. The van der Waals surface area contributed by atoms with Crippen molar-refractivity contribution in [2.75, 3.05) is 0 Å². The van der Waals surface area contributed by atoms with Crippen molar-refractivity contribution in [1.82, 2.24) is 0 Å². The van der Waals surface area contributed by atoms with E-state index in [9.17, 15) is 9.90 Å². The lowest BCUT2D eigenvalue weighted by Gasteiger charge is -2.62. The molecule has 0 saturated heterocycles. The van der Waals surface area contributed by atoms with E-state index in [1.54, 1.807) is 5.57 Å². The highest BCUT2D eigenvalue weighted by Crippen LogP contribution is 2.68. The van der Waals surface area contributed by atoms with Gasteiger partial charge < -0.3 is 9.84 Å². The van der Waals surface area contributed by atoms with Crippen LogP contribution in [0.5, 0.6) is 0 Å². The van der Waals surface area contributed by atoms with Crippen molar-refractivity contribution in [3.63, 3.8) is 0 Å². The van der Waals surface area contributed by atoms with Crippen molar-refractivity contribution in [3.8, 4) is 0 Å². The summed E-state index contributed by atoms with van der Waals surface area (Å²) in [5.41, 5.74) is 3.26. The maximum Gasteiger partial charge on any atom is 0.334 e. The minimum Gasteiger partial charge on any atom is -0.455 e. The van der Waals surface area contributed by atoms with Gasteiger partial charge in [-0.25, -0.2) is 4.79 Å². The smallest absolute Gasteiger partial charge is 0.334 e. The lowest BCUT2D eigenvalue weighted by atomic mass is 9.43. The van der Waals surface area contributed by atoms with Gasteiger partial charge in [-0.05, 0) is 110 Å². The van der Waals surface area contributed by atoms with Crippen LogP contribution >= 0.6 is 0 Å². The van der Waals surface area contributed by atoms with Gasteiger partial charge in [-0.2, -0.15) is 0 Å². The molecule has 9 unspecified atom stereocenters. The Labute approximate surface area is 195 Å². The SMILES string of the molecule is CC1=CC(CC(C)C2CCC3C4=CCC5C(C)(C)C(O)CCC5(C)C4CCC32C)OC1=O. The zero-order valence-electron chi connectivity index (χ0n) is 21.1. The predicted octanol–water partition coefficient (Wildman–Crippen LogP) is 6.46. The second kappa shape index (κ2) is 7.45. The molecule has 0 aromatic heterocycles. The maximum atomic E-state index is 11.8. The molecule has 178 valence electrons. The molecular formula is C29H44O3. The lowest BCUT2D eigenvalue weighted by molar-refractivity contribution is -0.140. The first-order chi connectivity index (χ1) is 15.0. The van der Waals surface area contributed by atoms with Crippen LogP contribution in [0.15, 0.2) is 23.3 Å². The number of carbonyl (C=O) groups excluding carboxylic acids is 1. The van der Waals surface area contributed by atoms with E-state index in [2.05, 4.69) is 40.7 Å². The van der Waals surface area contributed by atoms with Crippen LogP contribution < -0.4 is 0 Å². The highest BCUT2D eigenvalue weighted by Gasteiger charge is 2.61. The van der Waals surface area contributed by atoms with Gasteiger partial charge in [0.25, 0.3) is 0 Å². The topological polar surface area (TPSA) is 46.5 Å². The number of carbonyl (C=O) groups is 1. The zero-order valence-corrected chi connectivity index (χ0v) is 21.1. The summed E-state index contributed by atoms with van der Waals surface area (Å²) in [5.74, 6) is 3.13. The summed E-state index contributed by atoms with van der Waals surface area (Å²) < 4.78 is 5.60. The fourth-order valence-corrected chi connectivity index (χ4v) is 9.54. The normalized spacial score (nSPS) is 48.2. The van der Waals surface area contributed by atoms with Crippen molar-refractivity contribution in [1.29, 1.82) is 0 Å². The van der Waals surface area contributed by atoms with Crippen molar-refractivity contribution in [3.05, 3.63) is 23.3 Å². The Kier molecular flexibility index (Phi) is 5.29. The first-order valence-electron chi connectivity index (χ1n) is 13.3. The van der Waals surface area contributed by atoms with Crippen molar-refractivity contribution in [2.24, 2.45) is 45.8 Å². The molecule has 3 nitrogen and oxygen atoms in total. The van der Waals surface area contributed by atoms with E-state index in [-0.39, 0.29) is 23.6 Å². The maximum absolute atomic E-state index is 11.8. The number of hydrogen-bond acceptors (Lipinski definition) is 3. The number of hydrogen-bond donors (Lipinski definition) is 1. The van der Waals surface area contributed by atoms with Crippen LogP contribution in [0.4, 0.5) is 0 Å². The van der Waals surface area contributed by atoms with Crippen LogP contribution in [0.1, 0.15) is 92.9 Å². The van der Waals surface area contributed by atoms with Crippen LogP contribution in [-0.4, -0.2) is 23.3 Å². The van der Waals surface area contributed by atoms with Crippen LogP contribution in [0.25, 0.3) is 0 Å². The summed E-state index contributed by atoms with van der Waals surface area (Å²) in [5, 5.41) is 10.8. The Hall–Kier alpha value is -1.09. The molecule has 3 fully saturated rings. The minimum atomic E-state index is -0.163. The van der Waals surface area contributed by atoms with Crippen LogP contribution in [-0.2, 0) is 9.53 Å². The fourth-order valence-electron chi connectivity index (χ4n) is 9.54. The highest BCUT2D eigenvalue weighted by atomic mass is 16.5. The molecule has 32 heavy (non-hydrogen) atoms. The molecule has 9 atom stereocenters. The molecule has 4 aliphatic carbocycles. The molecule has 1 N–H and O–H groups in total. The van der Waals surface area contributed by atoms with Crippen LogP contribution in [0, 0.1) is 45.8 Å². The van der Waals surface area contributed by atoms with E-state index in [4.69, 9.17) is 4.74 Å². The number of ether oxygens (including phenoxy) is 1. The number of fused-ring (bicyclic) bond motifs is 5. The van der Waals surface area contributed by atoms with E-state index >= 15 is 0 Å². The van der Waals surface area contributed by atoms with Gasteiger partial charge in [0.05, 0.1) is 6.10 Å². The summed E-state index contributed by atoms with van der Waals surface area (Å²) in [6, 6.07) is 0. The summed E-state index contributed by atoms with van der Waals surface area (Å²) in [6.45, 7) is 14.0. The molecule has 0 aromatic rings. The average Bonchev–Trinajstić information content (AvgIpc) is 3.23. The fraction of sp³-hybridized carbons (Fsp3) is 0.828. The monoisotopic (exact) mass is 440 g/mol. The minimum absolute atomic E-state index is 0.00682. The van der Waals surface area contributed by atoms with Gasteiger partial charge >= 0.3 is 5.97 Å². The Bertz CT molecular complexity index is 852. The van der Waals surface area contributed by atoms with Gasteiger partial charge in [-0.15, -0.1) is 0 Å². The molecule has 5 aliphatic rings. The van der Waals surface area contributed by atoms with E-state index < -0.39 is 0 Å². The van der Waals surface area contributed by atoms with Crippen LogP contribution in [0.2, 0.25) is 0 Å². The first kappa shape index (κ1) is 22.7. The Balaban J connectivity index is 1.37. The molecule has 3 saturated carbocycles. The molecule has 1 aliphatic heterocycles. The molecule has 5 rings (SSSR count). The van der Waals surface area contributed by atoms with Crippen molar-refractivity contribution >= 4 is 5.97 Å². The van der Waals surface area contributed by atoms with Gasteiger partial charge in [0, 0.05) is 5.57 Å². The van der Waals surface area contributed by atoms with Crippen molar-refractivity contribution in [2.45, 2.75) is 105 Å². The standard InChI is InChI=1S/C29H44O3/c1-17(15-19-16-18(2)26(31)32-19)21-8-9-22-20-7-10-24-27(3,4)25(30)12-14-29(24,6)23(20)11-13-28(21,22)5/h7,16-17,19,21-25,30H,8-15H2,1-6H3. The second-order valence-corrected chi connectivity index (χ2v) is 13.2. The number of aliphatic hydroxyl groups is 1. The Morgan fingerprint density at radius 3 is 2.44 bits per heavy atom. The van der Waals surface area contributed by atoms with Gasteiger partial charge in [0.15, 0.2) is 0 Å². The number of esters is 1. The molecule has 0 amide bonds. The third kappa shape index (κ3) is 3.12. The van der Waals surface area contributed by atoms with E-state index in [0.29, 0.717) is 40.4 Å². The number of rotatable bonds is 3. The average molecular weight is 441 g/mol. The highest BCUT2D eigenvalue weighted by molar-refractivity contribution is 5.90. The Morgan fingerprint density at radius 2 is 1.75 bits per heavy atom.